The molecule has 3 fully saturated rings. The smallest absolute Gasteiger partial charge is 0.171 e. The van der Waals surface area contributed by atoms with E-state index in [9.17, 15) is 0 Å². The van der Waals surface area contributed by atoms with Gasteiger partial charge < -0.3 is 20.1 Å². The molecule has 35 heavy (non-hydrogen) atoms. The maximum absolute atomic E-state index is 5.82. The highest BCUT2D eigenvalue weighted by molar-refractivity contribution is 7.80. The normalized spacial score (nSPS) is 23.9. The highest BCUT2D eigenvalue weighted by Crippen LogP contribution is 2.42. The summed E-state index contributed by atoms with van der Waals surface area (Å²) < 4.78 is 10.8. The van der Waals surface area contributed by atoms with E-state index in [1.165, 1.54) is 12.0 Å². The third kappa shape index (κ3) is 4.83. The Morgan fingerprint density at radius 2 is 1.91 bits per heavy atom. The van der Waals surface area contributed by atoms with E-state index in [4.69, 9.17) is 21.7 Å². The number of thiocarbonyl (C=S) groups is 1. The van der Waals surface area contributed by atoms with Gasteiger partial charge in [-0.05, 0) is 97.5 Å². The number of methoxy groups -OCH3 is 2. The number of anilines is 1. The van der Waals surface area contributed by atoms with E-state index in [0.29, 0.717) is 23.0 Å². The van der Waals surface area contributed by atoms with Crippen LogP contribution in [0.1, 0.15) is 24.4 Å². The fourth-order valence-electron chi connectivity index (χ4n) is 5.63. The molecule has 1 aromatic heterocycles. The van der Waals surface area contributed by atoms with E-state index in [1.54, 1.807) is 14.2 Å². The van der Waals surface area contributed by atoms with Crippen LogP contribution in [0.25, 0.3) is 10.9 Å². The van der Waals surface area contributed by atoms with Crippen LogP contribution in [0, 0.1) is 11.8 Å². The van der Waals surface area contributed by atoms with Gasteiger partial charge in [0.05, 0.1) is 25.8 Å². The van der Waals surface area contributed by atoms with E-state index in [-0.39, 0.29) is 6.04 Å². The Labute approximate surface area is 212 Å². The number of ether oxygens (including phenoxy) is 2. The highest BCUT2D eigenvalue weighted by atomic mass is 32.1. The van der Waals surface area contributed by atoms with E-state index < -0.39 is 0 Å². The molecule has 3 aliphatic rings. The molecule has 2 aromatic carbocycles. The Balaban J connectivity index is 1.48. The molecule has 0 aliphatic carbocycles. The van der Waals surface area contributed by atoms with Crippen molar-refractivity contribution in [2.45, 2.75) is 24.9 Å². The van der Waals surface area contributed by atoms with Crippen molar-refractivity contribution in [3.8, 4) is 11.5 Å². The van der Waals surface area contributed by atoms with Gasteiger partial charge in [0, 0.05) is 29.9 Å². The molecule has 6 rings (SSSR count). The third-order valence-electron chi connectivity index (χ3n) is 7.49. The number of pyridine rings is 1. The summed E-state index contributed by atoms with van der Waals surface area (Å²) in [4.78, 5) is 7.21. The van der Waals surface area contributed by atoms with Gasteiger partial charge in [0.2, 0.25) is 0 Å². The zero-order valence-electron chi connectivity index (χ0n) is 20.2. The second-order valence-corrected chi connectivity index (χ2v) is 9.74. The summed E-state index contributed by atoms with van der Waals surface area (Å²) in [6.45, 7) is 6.24. The van der Waals surface area contributed by atoms with Crippen molar-refractivity contribution in [2.24, 2.45) is 11.8 Å². The highest BCUT2D eigenvalue weighted by Gasteiger charge is 2.43. The fraction of sp³-hybridized carbons (Fsp3) is 0.357. The van der Waals surface area contributed by atoms with E-state index >= 15 is 0 Å². The molecule has 4 heterocycles. The second kappa shape index (κ2) is 10.2. The first-order valence-corrected chi connectivity index (χ1v) is 12.5. The van der Waals surface area contributed by atoms with Crippen LogP contribution in [-0.2, 0) is 0 Å². The average Bonchev–Trinajstić information content (AvgIpc) is 2.91. The van der Waals surface area contributed by atoms with Crippen LogP contribution in [-0.4, -0.2) is 48.3 Å². The summed E-state index contributed by atoms with van der Waals surface area (Å²) in [6, 6.07) is 16.3. The second-order valence-electron chi connectivity index (χ2n) is 9.33. The zero-order chi connectivity index (χ0) is 24.4. The first-order chi connectivity index (χ1) is 17.1. The van der Waals surface area contributed by atoms with E-state index in [1.807, 2.05) is 42.6 Å². The van der Waals surface area contributed by atoms with Gasteiger partial charge >= 0.3 is 0 Å². The Morgan fingerprint density at radius 3 is 2.60 bits per heavy atom. The molecule has 5 atom stereocenters. The summed E-state index contributed by atoms with van der Waals surface area (Å²) >= 11 is 5.82. The summed E-state index contributed by atoms with van der Waals surface area (Å²) in [5.74, 6) is 2.84. The number of fused-ring (bicyclic) bond motifs is 4. The third-order valence-corrected chi connectivity index (χ3v) is 7.71. The number of benzene rings is 2. The standard InChI is InChI=1S/C28H32N4O2S/c1-4-18-17-32-14-12-19(18)15-26(32)27(31-28(35)30-20-5-7-21(33-2)8-6-20)23-11-13-29-25-10-9-22(34-3)16-24(23)25/h4-11,13,16,18-19,26-27H,1,12,14-15,17H2,2-3H3,(H2,30,31,35)/t18?,19?,26-,27-/m0/s1. The molecule has 3 aliphatic heterocycles. The number of aromatic nitrogens is 1. The van der Waals surface area contributed by atoms with Crippen LogP contribution in [0.5, 0.6) is 11.5 Å². The zero-order valence-corrected chi connectivity index (χ0v) is 21.1. The molecule has 7 heteroatoms. The minimum Gasteiger partial charge on any atom is -0.497 e. The molecule has 0 saturated carbocycles. The lowest BCUT2D eigenvalue weighted by atomic mass is 9.73. The summed E-state index contributed by atoms with van der Waals surface area (Å²) in [6.07, 6.45) is 6.35. The summed E-state index contributed by atoms with van der Waals surface area (Å²) in [5, 5.41) is 8.71. The predicted octanol–water partition coefficient (Wildman–Crippen LogP) is 5.18. The number of nitrogens with one attached hydrogen (secondary N) is 2. The molecule has 3 aromatic rings. The predicted molar refractivity (Wildman–Crippen MR) is 145 cm³/mol. The average molecular weight is 489 g/mol. The molecule has 0 amide bonds. The molecule has 0 spiro atoms. The Bertz CT molecular complexity index is 1220. The lowest BCUT2D eigenvalue weighted by Gasteiger charge is -2.52. The topological polar surface area (TPSA) is 58.7 Å². The molecule has 2 bridgehead atoms. The molecule has 6 nitrogen and oxygen atoms in total. The van der Waals surface area contributed by atoms with Gasteiger partial charge in [0.25, 0.3) is 0 Å². The molecule has 3 unspecified atom stereocenters. The Hall–Kier alpha value is -3.16. The van der Waals surface area contributed by atoms with Crippen molar-refractivity contribution in [3.63, 3.8) is 0 Å². The first-order valence-electron chi connectivity index (χ1n) is 12.1. The maximum Gasteiger partial charge on any atom is 0.171 e. The SMILES string of the molecule is C=CC1CN2CCC1C[C@H]2[C@@H](NC(=S)Nc1ccc(OC)cc1)c1ccnc2ccc(OC)cc12. The number of hydrogen-bond donors (Lipinski definition) is 2. The van der Waals surface area contributed by atoms with Crippen molar-refractivity contribution in [3.05, 3.63) is 72.9 Å². The lowest BCUT2D eigenvalue weighted by Crippen LogP contribution is -2.57. The maximum atomic E-state index is 5.82. The van der Waals surface area contributed by atoms with Gasteiger partial charge in [-0.15, -0.1) is 6.58 Å². The van der Waals surface area contributed by atoms with Crippen molar-refractivity contribution >= 4 is 33.9 Å². The largest absolute Gasteiger partial charge is 0.497 e. The van der Waals surface area contributed by atoms with Gasteiger partial charge in [-0.1, -0.05) is 6.08 Å². The number of piperidine rings is 3. The van der Waals surface area contributed by atoms with E-state index in [0.717, 1.165) is 47.6 Å². The molecule has 0 radical (unpaired) electrons. The molecular formula is C28H32N4O2S. The van der Waals surface area contributed by atoms with Crippen LogP contribution >= 0.6 is 12.2 Å². The fourth-order valence-corrected chi connectivity index (χ4v) is 5.88. The number of hydrogen-bond acceptors (Lipinski definition) is 5. The molecule has 182 valence electrons. The minimum atomic E-state index is -0.000537. The lowest BCUT2D eigenvalue weighted by molar-refractivity contribution is 0.00443. The van der Waals surface area contributed by atoms with Crippen LogP contribution in [0.2, 0.25) is 0 Å². The minimum absolute atomic E-state index is 0.000537. The molecule has 3 saturated heterocycles. The number of rotatable bonds is 7. The van der Waals surface area contributed by atoms with Crippen molar-refractivity contribution in [1.29, 1.82) is 0 Å². The number of nitrogens with zero attached hydrogens (tertiary/aromatic N) is 2. The van der Waals surface area contributed by atoms with Crippen LogP contribution in [0.3, 0.4) is 0 Å². The van der Waals surface area contributed by atoms with Crippen molar-refractivity contribution in [1.82, 2.24) is 15.2 Å². The van der Waals surface area contributed by atoms with Gasteiger partial charge in [0.15, 0.2) is 5.11 Å². The summed E-state index contributed by atoms with van der Waals surface area (Å²) in [7, 11) is 3.36. The van der Waals surface area contributed by atoms with E-state index in [2.05, 4.69) is 45.3 Å². The van der Waals surface area contributed by atoms with Gasteiger partial charge in [-0.25, -0.2) is 0 Å². The van der Waals surface area contributed by atoms with Gasteiger partial charge in [-0.2, -0.15) is 0 Å². The quantitative estimate of drug-likeness (QED) is 0.351. The Kier molecular flexibility index (Phi) is 6.88. The Morgan fingerprint density at radius 1 is 1.14 bits per heavy atom. The monoisotopic (exact) mass is 488 g/mol. The molecule has 2 N–H and O–H groups in total. The van der Waals surface area contributed by atoms with Gasteiger partial charge in [0.1, 0.15) is 11.5 Å². The summed E-state index contributed by atoms with van der Waals surface area (Å²) in [5.41, 5.74) is 3.05. The molecular weight excluding hydrogens is 456 g/mol. The van der Waals surface area contributed by atoms with Crippen LogP contribution in [0.15, 0.2) is 67.4 Å². The van der Waals surface area contributed by atoms with Crippen LogP contribution in [0.4, 0.5) is 5.69 Å². The van der Waals surface area contributed by atoms with Crippen molar-refractivity contribution < 1.29 is 9.47 Å². The van der Waals surface area contributed by atoms with Gasteiger partial charge in [-0.3, -0.25) is 9.88 Å². The van der Waals surface area contributed by atoms with Crippen LogP contribution < -0.4 is 20.1 Å². The van der Waals surface area contributed by atoms with Crippen molar-refractivity contribution in [2.75, 3.05) is 32.6 Å². The first kappa shape index (κ1) is 23.6.